The molecule has 0 saturated heterocycles. The molecule has 0 aliphatic heterocycles. The van der Waals surface area contributed by atoms with E-state index in [1.807, 2.05) is 12.3 Å². The van der Waals surface area contributed by atoms with E-state index in [-0.39, 0.29) is 0 Å². The Morgan fingerprint density at radius 3 is 1.76 bits per heavy atom. The van der Waals surface area contributed by atoms with Gasteiger partial charge in [0.1, 0.15) is 11.2 Å². The first-order chi connectivity index (χ1) is 22.3. The zero-order chi connectivity index (χ0) is 29.5. The largest absolute Gasteiger partial charge is 0.456 e. The molecule has 45 heavy (non-hydrogen) atoms. The van der Waals surface area contributed by atoms with Crippen molar-refractivity contribution < 1.29 is 4.42 Å². The van der Waals surface area contributed by atoms with E-state index in [2.05, 4.69) is 133 Å². The Morgan fingerprint density at radius 2 is 1.00 bits per heavy atom. The highest BCUT2D eigenvalue weighted by Crippen LogP contribution is 2.45. The lowest BCUT2D eigenvalue weighted by Crippen LogP contribution is -1.93. The molecule has 3 heterocycles. The number of fused-ring (bicyclic) bond motifs is 9. The van der Waals surface area contributed by atoms with Crippen LogP contribution in [0, 0.1) is 0 Å². The number of nitrogens with zero attached hydrogens (tertiary/aromatic N) is 2. The van der Waals surface area contributed by atoms with E-state index in [1.54, 1.807) is 0 Å². The van der Waals surface area contributed by atoms with Gasteiger partial charge in [-0.1, -0.05) is 103 Å². The zero-order valence-corrected chi connectivity index (χ0v) is 24.2. The Morgan fingerprint density at radius 1 is 0.400 bits per heavy atom. The molecule has 0 spiro atoms. The van der Waals surface area contributed by atoms with Crippen molar-refractivity contribution in [3.8, 4) is 22.4 Å². The molecule has 10 rings (SSSR count). The van der Waals surface area contributed by atoms with Crippen LogP contribution in [0.4, 0.5) is 0 Å². The van der Waals surface area contributed by atoms with Crippen LogP contribution in [0.2, 0.25) is 0 Å². The first-order valence-electron chi connectivity index (χ1n) is 15.2. The van der Waals surface area contributed by atoms with Gasteiger partial charge in [-0.25, -0.2) is 4.98 Å². The van der Waals surface area contributed by atoms with Gasteiger partial charge in [-0.05, 0) is 79.8 Å². The van der Waals surface area contributed by atoms with Crippen LogP contribution in [0.1, 0.15) is 0 Å². The van der Waals surface area contributed by atoms with Crippen LogP contribution in [0.25, 0.3) is 98.4 Å². The molecule has 3 nitrogen and oxygen atoms in total. The van der Waals surface area contributed by atoms with Gasteiger partial charge in [-0.15, -0.1) is 0 Å². The Balaban J connectivity index is 1.27. The first kappa shape index (κ1) is 24.4. The van der Waals surface area contributed by atoms with Crippen LogP contribution in [-0.2, 0) is 0 Å². The predicted octanol–water partition coefficient (Wildman–Crippen LogP) is 11.5. The average molecular weight is 573 g/mol. The summed E-state index contributed by atoms with van der Waals surface area (Å²) in [7, 11) is 0. The van der Waals surface area contributed by atoms with E-state index >= 15 is 0 Å². The van der Waals surface area contributed by atoms with Crippen LogP contribution in [0.15, 0.2) is 150 Å². The van der Waals surface area contributed by atoms with E-state index < -0.39 is 0 Å². The number of benzene rings is 7. The summed E-state index contributed by atoms with van der Waals surface area (Å²) in [6, 6.07) is 49.6. The molecule has 7 aromatic carbocycles. The maximum absolute atomic E-state index is 6.36. The topological polar surface area (TPSA) is 38.9 Å². The third kappa shape index (κ3) is 3.58. The molecule has 0 aliphatic carbocycles. The summed E-state index contributed by atoms with van der Waals surface area (Å²) in [6.07, 6.45) is 1.85. The molecular formula is C42H24N2O. The summed E-state index contributed by atoms with van der Waals surface area (Å²) >= 11 is 0. The molecule has 208 valence electrons. The van der Waals surface area contributed by atoms with Crippen LogP contribution < -0.4 is 0 Å². The third-order valence-corrected chi connectivity index (χ3v) is 9.25. The van der Waals surface area contributed by atoms with E-state index in [4.69, 9.17) is 14.4 Å². The van der Waals surface area contributed by atoms with Crippen molar-refractivity contribution in [2.24, 2.45) is 0 Å². The number of aromatic nitrogens is 2. The van der Waals surface area contributed by atoms with E-state index in [0.29, 0.717) is 0 Å². The molecule has 0 radical (unpaired) electrons. The smallest absolute Gasteiger partial charge is 0.136 e. The monoisotopic (exact) mass is 572 g/mol. The van der Waals surface area contributed by atoms with Crippen molar-refractivity contribution in [2.45, 2.75) is 0 Å². The van der Waals surface area contributed by atoms with Gasteiger partial charge in [0.25, 0.3) is 0 Å². The fourth-order valence-corrected chi connectivity index (χ4v) is 7.20. The van der Waals surface area contributed by atoms with Gasteiger partial charge in [0.15, 0.2) is 0 Å². The van der Waals surface area contributed by atoms with Crippen molar-refractivity contribution in [3.63, 3.8) is 0 Å². The van der Waals surface area contributed by atoms with Gasteiger partial charge >= 0.3 is 0 Å². The second-order valence-corrected chi connectivity index (χ2v) is 11.8. The lowest BCUT2D eigenvalue weighted by atomic mass is 9.87. The van der Waals surface area contributed by atoms with Gasteiger partial charge in [0.2, 0.25) is 0 Å². The van der Waals surface area contributed by atoms with Gasteiger partial charge in [-0.2, -0.15) is 0 Å². The maximum Gasteiger partial charge on any atom is 0.136 e. The van der Waals surface area contributed by atoms with Crippen LogP contribution in [-0.4, -0.2) is 9.97 Å². The molecule has 0 saturated carbocycles. The summed E-state index contributed by atoms with van der Waals surface area (Å²) in [6.45, 7) is 0. The second-order valence-electron chi connectivity index (χ2n) is 11.8. The lowest BCUT2D eigenvalue weighted by molar-refractivity contribution is 0.669. The Kier molecular flexibility index (Phi) is 5.00. The summed E-state index contributed by atoms with van der Waals surface area (Å²) < 4.78 is 6.36. The van der Waals surface area contributed by atoms with Crippen LogP contribution in [0.3, 0.4) is 0 Å². The fourth-order valence-electron chi connectivity index (χ4n) is 7.20. The van der Waals surface area contributed by atoms with Crippen LogP contribution >= 0.6 is 0 Å². The number of hydrogen-bond donors (Lipinski definition) is 0. The highest BCUT2D eigenvalue weighted by atomic mass is 16.3. The zero-order valence-electron chi connectivity index (χ0n) is 24.2. The normalized spacial score (nSPS) is 12.0. The minimum absolute atomic E-state index is 0.899. The highest BCUT2D eigenvalue weighted by Gasteiger charge is 2.19. The van der Waals surface area contributed by atoms with Crippen molar-refractivity contribution in [1.29, 1.82) is 0 Å². The maximum atomic E-state index is 6.36. The standard InChI is InChI=1S/C42H24N2O/c1-2-9-28-24-38-35(22-27(28)8-1)34-23-29(18-20-37(34)45-38)39-30-11-3-5-13-32(30)40(33-14-6-4-12-31(33)39)36-19-17-26-16-15-25-10-7-21-43-41(25)42(26)44-36/h1-24H. The fraction of sp³-hybridized carbons (Fsp3) is 0. The molecule has 3 aromatic heterocycles. The number of pyridine rings is 2. The Labute approximate surface area is 258 Å². The number of rotatable bonds is 2. The van der Waals surface area contributed by atoms with Gasteiger partial charge < -0.3 is 4.42 Å². The lowest BCUT2D eigenvalue weighted by Gasteiger charge is -2.17. The first-order valence-corrected chi connectivity index (χ1v) is 15.2. The second kappa shape index (κ2) is 9.22. The molecule has 3 heteroatoms. The Bertz CT molecular complexity index is 2770. The van der Waals surface area contributed by atoms with E-state index in [1.165, 1.54) is 43.4 Å². The van der Waals surface area contributed by atoms with E-state index in [0.717, 1.165) is 55.0 Å². The molecule has 0 N–H and O–H groups in total. The molecular weight excluding hydrogens is 548 g/mol. The molecule has 0 amide bonds. The van der Waals surface area contributed by atoms with Gasteiger partial charge in [-0.3, -0.25) is 4.98 Å². The molecule has 0 fully saturated rings. The molecule has 0 unspecified atom stereocenters. The minimum Gasteiger partial charge on any atom is -0.456 e. The summed E-state index contributed by atoms with van der Waals surface area (Å²) in [5.41, 5.74) is 8.13. The summed E-state index contributed by atoms with van der Waals surface area (Å²) in [5.74, 6) is 0. The average Bonchev–Trinajstić information content (AvgIpc) is 3.45. The van der Waals surface area contributed by atoms with Gasteiger partial charge in [0.05, 0.1) is 16.7 Å². The summed E-state index contributed by atoms with van der Waals surface area (Å²) in [5, 5.41) is 11.6. The highest BCUT2D eigenvalue weighted by molar-refractivity contribution is 6.22. The minimum atomic E-state index is 0.899. The van der Waals surface area contributed by atoms with Crippen molar-refractivity contribution >= 4 is 76.1 Å². The number of furan rings is 1. The molecule has 10 aromatic rings. The summed E-state index contributed by atoms with van der Waals surface area (Å²) in [4.78, 5) is 10.0. The number of hydrogen-bond acceptors (Lipinski definition) is 3. The van der Waals surface area contributed by atoms with Crippen molar-refractivity contribution in [2.75, 3.05) is 0 Å². The van der Waals surface area contributed by atoms with Gasteiger partial charge in [0, 0.05) is 33.3 Å². The van der Waals surface area contributed by atoms with Crippen molar-refractivity contribution in [3.05, 3.63) is 146 Å². The molecule has 0 aliphatic rings. The predicted molar refractivity (Wildman–Crippen MR) is 188 cm³/mol. The van der Waals surface area contributed by atoms with Crippen molar-refractivity contribution in [1.82, 2.24) is 9.97 Å². The molecule has 0 bridgehead atoms. The SMILES string of the molecule is c1ccc2cc3c(cc2c1)oc1ccc(-c2c4ccccc4c(-c4ccc5ccc6cccnc6c5n4)c4ccccc24)cc13. The molecule has 0 atom stereocenters. The third-order valence-electron chi connectivity index (χ3n) is 9.25. The quantitative estimate of drug-likeness (QED) is 0.153. The van der Waals surface area contributed by atoms with Crippen LogP contribution in [0.5, 0.6) is 0 Å². The van der Waals surface area contributed by atoms with E-state index in [9.17, 15) is 0 Å². The Hall–Kier alpha value is -6.06.